The van der Waals surface area contributed by atoms with E-state index in [2.05, 4.69) is 0 Å². The number of hydrogen-bond donors (Lipinski definition) is 0. The minimum Gasteiger partial charge on any atom is -0.300 e. The molecule has 12 heavy (non-hydrogen) atoms. The lowest BCUT2D eigenvalue weighted by Gasteiger charge is -2.10. The molecule has 0 aromatic heterocycles. The van der Waals surface area contributed by atoms with Gasteiger partial charge in [-0.15, -0.1) is 0 Å². The van der Waals surface area contributed by atoms with Crippen molar-refractivity contribution in [3.63, 3.8) is 0 Å². The molecular formula is C10H18O2. The number of ketones is 2. The van der Waals surface area contributed by atoms with Crippen LogP contribution in [0.25, 0.3) is 0 Å². The maximum absolute atomic E-state index is 11.3. The highest BCUT2D eigenvalue weighted by Gasteiger charge is 2.16. The SMILES string of the molecule is CCC(C)C(=O)CC(C)C(C)=O. The molecule has 0 bridgehead atoms. The summed E-state index contributed by atoms with van der Waals surface area (Å²) in [6, 6.07) is 0. The Hall–Kier alpha value is -0.660. The van der Waals surface area contributed by atoms with Crippen molar-refractivity contribution in [2.24, 2.45) is 11.8 Å². The molecule has 0 saturated carbocycles. The van der Waals surface area contributed by atoms with Crippen molar-refractivity contribution >= 4 is 11.6 Å². The summed E-state index contributed by atoms with van der Waals surface area (Å²) in [7, 11) is 0. The van der Waals surface area contributed by atoms with Gasteiger partial charge in [0.15, 0.2) is 0 Å². The molecule has 0 heterocycles. The van der Waals surface area contributed by atoms with Crippen LogP contribution in [0.2, 0.25) is 0 Å². The second-order valence-electron chi connectivity index (χ2n) is 3.49. The van der Waals surface area contributed by atoms with Crippen molar-refractivity contribution in [3.8, 4) is 0 Å². The highest BCUT2D eigenvalue weighted by molar-refractivity contribution is 5.87. The predicted molar refractivity (Wildman–Crippen MR) is 48.9 cm³/mol. The smallest absolute Gasteiger partial charge is 0.136 e. The van der Waals surface area contributed by atoms with E-state index in [9.17, 15) is 9.59 Å². The lowest BCUT2D eigenvalue weighted by Crippen LogP contribution is -2.17. The van der Waals surface area contributed by atoms with Crippen LogP contribution in [0.5, 0.6) is 0 Å². The van der Waals surface area contributed by atoms with E-state index in [-0.39, 0.29) is 23.4 Å². The van der Waals surface area contributed by atoms with E-state index in [4.69, 9.17) is 0 Å². The van der Waals surface area contributed by atoms with Crippen LogP contribution >= 0.6 is 0 Å². The number of Topliss-reactive ketones (excluding diaryl/α,β-unsaturated/α-hetero) is 2. The minimum atomic E-state index is -0.105. The maximum Gasteiger partial charge on any atom is 0.136 e. The Morgan fingerprint density at radius 1 is 1.17 bits per heavy atom. The summed E-state index contributed by atoms with van der Waals surface area (Å²) in [5.74, 6) is 0.310. The van der Waals surface area contributed by atoms with Crippen molar-refractivity contribution in [2.75, 3.05) is 0 Å². The summed E-state index contributed by atoms with van der Waals surface area (Å²) in [4.78, 5) is 22.2. The fraction of sp³-hybridized carbons (Fsp3) is 0.800. The Morgan fingerprint density at radius 3 is 2.00 bits per heavy atom. The minimum absolute atomic E-state index is 0.103. The average Bonchev–Trinajstić information content (AvgIpc) is 2.02. The summed E-state index contributed by atoms with van der Waals surface area (Å²) >= 11 is 0. The van der Waals surface area contributed by atoms with Gasteiger partial charge in [0, 0.05) is 18.3 Å². The van der Waals surface area contributed by atoms with Gasteiger partial charge < -0.3 is 0 Å². The number of carbonyl (C=O) groups excluding carboxylic acids is 2. The van der Waals surface area contributed by atoms with E-state index in [0.717, 1.165) is 6.42 Å². The van der Waals surface area contributed by atoms with Gasteiger partial charge in [0.25, 0.3) is 0 Å². The molecular weight excluding hydrogens is 152 g/mol. The standard InChI is InChI=1S/C10H18O2/c1-5-7(2)10(12)6-8(3)9(4)11/h7-8H,5-6H2,1-4H3. The van der Waals surface area contributed by atoms with E-state index >= 15 is 0 Å². The zero-order valence-corrected chi connectivity index (χ0v) is 8.39. The molecule has 2 atom stereocenters. The van der Waals surface area contributed by atoms with Gasteiger partial charge in [0.05, 0.1) is 0 Å². The summed E-state index contributed by atoms with van der Waals surface area (Å²) in [5, 5.41) is 0. The van der Waals surface area contributed by atoms with E-state index in [1.165, 1.54) is 6.92 Å². The molecule has 0 aliphatic rings. The molecule has 0 aromatic carbocycles. The molecule has 2 unspecified atom stereocenters. The fourth-order valence-electron chi connectivity index (χ4n) is 0.874. The van der Waals surface area contributed by atoms with E-state index < -0.39 is 0 Å². The molecule has 0 spiro atoms. The predicted octanol–water partition coefficient (Wildman–Crippen LogP) is 2.22. The zero-order chi connectivity index (χ0) is 9.72. The van der Waals surface area contributed by atoms with Gasteiger partial charge >= 0.3 is 0 Å². The topological polar surface area (TPSA) is 34.1 Å². The normalized spacial score (nSPS) is 15.3. The molecule has 0 N–H and O–H groups in total. The molecule has 0 saturated heterocycles. The van der Waals surface area contributed by atoms with Crippen molar-refractivity contribution in [1.29, 1.82) is 0 Å². The van der Waals surface area contributed by atoms with Crippen LogP contribution in [0.1, 0.15) is 40.5 Å². The van der Waals surface area contributed by atoms with E-state index in [0.29, 0.717) is 6.42 Å². The molecule has 70 valence electrons. The summed E-state index contributed by atoms with van der Waals surface area (Å²) in [5.41, 5.74) is 0. The third-order valence-electron chi connectivity index (χ3n) is 2.36. The second-order valence-corrected chi connectivity index (χ2v) is 3.49. The van der Waals surface area contributed by atoms with Crippen LogP contribution in [0.3, 0.4) is 0 Å². The van der Waals surface area contributed by atoms with Crippen LogP contribution in [0, 0.1) is 11.8 Å². The van der Waals surface area contributed by atoms with E-state index in [1.807, 2.05) is 20.8 Å². The molecule has 2 nitrogen and oxygen atoms in total. The highest BCUT2D eigenvalue weighted by atomic mass is 16.1. The van der Waals surface area contributed by atoms with E-state index in [1.54, 1.807) is 0 Å². The first-order valence-electron chi connectivity index (χ1n) is 4.52. The van der Waals surface area contributed by atoms with Crippen molar-refractivity contribution < 1.29 is 9.59 Å². The second kappa shape index (κ2) is 5.07. The first-order valence-corrected chi connectivity index (χ1v) is 4.52. The molecule has 2 heteroatoms. The zero-order valence-electron chi connectivity index (χ0n) is 8.39. The van der Waals surface area contributed by atoms with Gasteiger partial charge in [-0.3, -0.25) is 9.59 Å². The first kappa shape index (κ1) is 11.3. The fourth-order valence-corrected chi connectivity index (χ4v) is 0.874. The van der Waals surface area contributed by atoms with Crippen LogP contribution in [-0.2, 0) is 9.59 Å². The van der Waals surface area contributed by atoms with Gasteiger partial charge in [-0.05, 0) is 13.3 Å². The Balaban J connectivity index is 3.92. The molecule has 0 aliphatic carbocycles. The van der Waals surface area contributed by atoms with Gasteiger partial charge in [-0.1, -0.05) is 20.8 Å². The number of rotatable bonds is 5. The largest absolute Gasteiger partial charge is 0.300 e. The van der Waals surface area contributed by atoms with Gasteiger partial charge in [-0.25, -0.2) is 0 Å². The Bertz CT molecular complexity index is 173. The molecule has 0 radical (unpaired) electrons. The molecule has 0 fully saturated rings. The highest BCUT2D eigenvalue weighted by Crippen LogP contribution is 2.11. The number of carbonyl (C=O) groups is 2. The van der Waals surface area contributed by atoms with Gasteiger partial charge in [0.1, 0.15) is 11.6 Å². The lowest BCUT2D eigenvalue weighted by atomic mass is 9.93. The van der Waals surface area contributed by atoms with Crippen molar-refractivity contribution in [3.05, 3.63) is 0 Å². The molecule has 0 aliphatic heterocycles. The first-order chi connectivity index (χ1) is 5.49. The van der Waals surface area contributed by atoms with Crippen LogP contribution in [0.15, 0.2) is 0 Å². The van der Waals surface area contributed by atoms with Crippen molar-refractivity contribution in [2.45, 2.75) is 40.5 Å². The third kappa shape index (κ3) is 3.65. The quantitative estimate of drug-likeness (QED) is 0.634. The number of hydrogen-bond acceptors (Lipinski definition) is 2. The van der Waals surface area contributed by atoms with Crippen LogP contribution in [0.4, 0.5) is 0 Å². The Morgan fingerprint density at radius 2 is 1.67 bits per heavy atom. The van der Waals surface area contributed by atoms with Gasteiger partial charge in [0.2, 0.25) is 0 Å². The lowest BCUT2D eigenvalue weighted by molar-refractivity contribution is -0.128. The van der Waals surface area contributed by atoms with Gasteiger partial charge in [-0.2, -0.15) is 0 Å². The maximum atomic E-state index is 11.3. The Labute approximate surface area is 74.3 Å². The summed E-state index contributed by atoms with van der Waals surface area (Å²) in [6.07, 6.45) is 1.27. The molecule has 0 amide bonds. The third-order valence-corrected chi connectivity index (χ3v) is 2.36. The monoisotopic (exact) mass is 170 g/mol. The average molecular weight is 170 g/mol. The molecule has 0 rings (SSSR count). The summed E-state index contributed by atoms with van der Waals surface area (Å²) in [6.45, 7) is 7.24. The molecule has 0 aromatic rings. The van der Waals surface area contributed by atoms with Crippen LogP contribution in [-0.4, -0.2) is 11.6 Å². The summed E-state index contributed by atoms with van der Waals surface area (Å²) < 4.78 is 0. The van der Waals surface area contributed by atoms with Crippen molar-refractivity contribution in [1.82, 2.24) is 0 Å². The Kier molecular flexibility index (Phi) is 4.79. The van der Waals surface area contributed by atoms with Crippen LogP contribution < -0.4 is 0 Å².